The monoisotopic (exact) mass is 396 g/mol. The molecule has 2 aliphatic heterocycles. The molecule has 2 heterocycles. The minimum atomic E-state index is -3.19. The molecule has 8 heteroatoms. The number of piperidine rings is 1. The van der Waals surface area contributed by atoms with E-state index < -0.39 is 15.6 Å². The SMILES string of the molecule is COc1ccc2c(c1)OC(C)(C)C[C@H]2NC(=O)C1CCN(S(C)(=O)=O)CC1. The number of hydrogen-bond acceptors (Lipinski definition) is 5. The van der Waals surface area contributed by atoms with E-state index in [2.05, 4.69) is 5.32 Å². The molecule has 1 saturated heterocycles. The van der Waals surface area contributed by atoms with Gasteiger partial charge >= 0.3 is 0 Å². The lowest BCUT2D eigenvalue weighted by Gasteiger charge is -2.39. The highest BCUT2D eigenvalue weighted by Crippen LogP contribution is 2.41. The Morgan fingerprint density at radius 2 is 1.96 bits per heavy atom. The molecule has 1 fully saturated rings. The van der Waals surface area contributed by atoms with E-state index >= 15 is 0 Å². The van der Waals surface area contributed by atoms with Crippen molar-refractivity contribution in [3.63, 3.8) is 0 Å². The van der Waals surface area contributed by atoms with E-state index in [1.165, 1.54) is 10.6 Å². The predicted octanol–water partition coefficient (Wildman–Crippen LogP) is 2.09. The molecular formula is C19H28N2O5S. The summed E-state index contributed by atoms with van der Waals surface area (Å²) in [4.78, 5) is 12.8. The lowest BCUT2D eigenvalue weighted by molar-refractivity contribution is -0.127. The van der Waals surface area contributed by atoms with Crippen LogP contribution in [0.1, 0.15) is 44.7 Å². The highest BCUT2D eigenvalue weighted by Gasteiger charge is 2.36. The number of nitrogens with one attached hydrogen (secondary N) is 1. The van der Waals surface area contributed by atoms with Gasteiger partial charge in [0.1, 0.15) is 17.1 Å². The molecule has 2 aliphatic rings. The molecule has 1 aromatic rings. The summed E-state index contributed by atoms with van der Waals surface area (Å²) in [5, 5.41) is 3.16. The number of ether oxygens (including phenoxy) is 2. The largest absolute Gasteiger partial charge is 0.497 e. The second kappa shape index (κ2) is 7.31. The van der Waals surface area contributed by atoms with Crippen LogP contribution < -0.4 is 14.8 Å². The molecule has 0 unspecified atom stereocenters. The second-order valence-electron chi connectivity index (χ2n) is 7.97. The van der Waals surface area contributed by atoms with Crippen LogP contribution in [0.5, 0.6) is 11.5 Å². The molecule has 0 spiro atoms. The summed E-state index contributed by atoms with van der Waals surface area (Å²) in [7, 11) is -1.58. The number of fused-ring (bicyclic) bond motifs is 1. The van der Waals surface area contributed by atoms with E-state index in [9.17, 15) is 13.2 Å². The lowest BCUT2D eigenvalue weighted by atomic mass is 9.88. The lowest BCUT2D eigenvalue weighted by Crippen LogP contribution is -2.46. The van der Waals surface area contributed by atoms with E-state index in [1.54, 1.807) is 7.11 Å². The summed E-state index contributed by atoms with van der Waals surface area (Å²) in [5.74, 6) is 1.25. The summed E-state index contributed by atoms with van der Waals surface area (Å²) in [6.07, 6.45) is 2.96. The zero-order valence-corrected chi connectivity index (χ0v) is 17.1. The molecule has 3 rings (SSSR count). The van der Waals surface area contributed by atoms with Crippen LogP contribution in [0.15, 0.2) is 18.2 Å². The fourth-order valence-corrected chi connectivity index (χ4v) is 4.70. The van der Waals surface area contributed by atoms with Crippen molar-refractivity contribution in [3.05, 3.63) is 23.8 Å². The van der Waals surface area contributed by atoms with Gasteiger partial charge in [0, 0.05) is 37.1 Å². The van der Waals surface area contributed by atoms with Gasteiger partial charge in [0.05, 0.1) is 19.4 Å². The van der Waals surface area contributed by atoms with Crippen molar-refractivity contribution in [3.8, 4) is 11.5 Å². The van der Waals surface area contributed by atoms with Crippen LogP contribution in [0.2, 0.25) is 0 Å². The Morgan fingerprint density at radius 1 is 1.30 bits per heavy atom. The number of hydrogen-bond donors (Lipinski definition) is 1. The smallest absolute Gasteiger partial charge is 0.223 e. The molecule has 0 bridgehead atoms. The third-order valence-electron chi connectivity index (χ3n) is 5.29. The fraction of sp³-hybridized carbons (Fsp3) is 0.632. The zero-order chi connectivity index (χ0) is 19.8. The first kappa shape index (κ1) is 19.9. The second-order valence-corrected chi connectivity index (χ2v) is 9.95. The Morgan fingerprint density at radius 3 is 2.56 bits per heavy atom. The summed E-state index contributed by atoms with van der Waals surface area (Å²) in [6.45, 7) is 4.78. The van der Waals surface area contributed by atoms with Crippen molar-refractivity contribution in [1.29, 1.82) is 0 Å². The van der Waals surface area contributed by atoms with Gasteiger partial charge in [-0.15, -0.1) is 0 Å². The highest BCUT2D eigenvalue weighted by atomic mass is 32.2. The van der Waals surface area contributed by atoms with Gasteiger partial charge in [0.2, 0.25) is 15.9 Å². The van der Waals surface area contributed by atoms with E-state index in [0.717, 1.165) is 11.3 Å². The molecule has 0 radical (unpaired) electrons. The number of sulfonamides is 1. The Balaban J connectivity index is 1.71. The van der Waals surface area contributed by atoms with Crippen LogP contribution in [0.25, 0.3) is 0 Å². The van der Waals surface area contributed by atoms with Crippen LogP contribution in [0, 0.1) is 5.92 Å². The van der Waals surface area contributed by atoms with Crippen molar-refractivity contribution in [1.82, 2.24) is 9.62 Å². The molecule has 7 nitrogen and oxygen atoms in total. The first-order valence-electron chi connectivity index (χ1n) is 9.21. The molecule has 1 atom stereocenters. The average Bonchev–Trinajstić information content (AvgIpc) is 2.59. The minimum Gasteiger partial charge on any atom is -0.497 e. The van der Waals surface area contributed by atoms with Gasteiger partial charge in [-0.3, -0.25) is 4.79 Å². The Hall–Kier alpha value is -1.80. The van der Waals surface area contributed by atoms with Crippen molar-refractivity contribution in [2.75, 3.05) is 26.5 Å². The van der Waals surface area contributed by atoms with Gasteiger partial charge in [-0.25, -0.2) is 12.7 Å². The maximum atomic E-state index is 12.8. The van der Waals surface area contributed by atoms with Crippen LogP contribution in [-0.2, 0) is 14.8 Å². The van der Waals surface area contributed by atoms with Gasteiger partial charge in [-0.2, -0.15) is 0 Å². The quantitative estimate of drug-likeness (QED) is 0.842. The van der Waals surface area contributed by atoms with E-state index in [1.807, 2.05) is 32.0 Å². The van der Waals surface area contributed by atoms with Crippen LogP contribution in [0.3, 0.4) is 0 Å². The summed E-state index contributed by atoms with van der Waals surface area (Å²) in [6, 6.07) is 5.50. The predicted molar refractivity (Wildman–Crippen MR) is 102 cm³/mol. The molecule has 1 N–H and O–H groups in total. The van der Waals surface area contributed by atoms with Crippen molar-refractivity contribution in [2.24, 2.45) is 5.92 Å². The van der Waals surface area contributed by atoms with Crippen molar-refractivity contribution in [2.45, 2.75) is 44.8 Å². The van der Waals surface area contributed by atoms with Crippen LogP contribution in [-0.4, -0.2) is 50.7 Å². The number of methoxy groups -OCH3 is 1. The third-order valence-corrected chi connectivity index (χ3v) is 6.59. The number of amides is 1. The third kappa shape index (κ3) is 4.55. The zero-order valence-electron chi connectivity index (χ0n) is 16.3. The highest BCUT2D eigenvalue weighted by molar-refractivity contribution is 7.88. The average molecular weight is 397 g/mol. The van der Waals surface area contributed by atoms with Gasteiger partial charge in [0.25, 0.3) is 0 Å². The molecule has 0 saturated carbocycles. The number of nitrogens with zero attached hydrogens (tertiary/aromatic N) is 1. The minimum absolute atomic E-state index is 0.0207. The first-order valence-corrected chi connectivity index (χ1v) is 11.1. The van der Waals surface area contributed by atoms with Gasteiger partial charge in [0.15, 0.2) is 0 Å². The maximum absolute atomic E-state index is 12.8. The Kier molecular flexibility index (Phi) is 5.40. The topological polar surface area (TPSA) is 84.9 Å². The van der Waals surface area contributed by atoms with Crippen molar-refractivity contribution >= 4 is 15.9 Å². The number of benzene rings is 1. The molecule has 1 aromatic carbocycles. The van der Waals surface area contributed by atoms with Gasteiger partial charge in [-0.1, -0.05) is 0 Å². The molecular weight excluding hydrogens is 368 g/mol. The van der Waals surface area contributed by atoms with E-state index in [4.69, 9.17) is 9.47 Å². The molecule has 27 heavy (non-hydrogen) atoms. The molecule has 0 aromatic heterocycles. The molecule has 0 aliphatic carbocycles. The van der Waals surface area contributed by atoms with E-state index in [0.29, 0.717) is 38.1 Å². The number of carbonyl (C=O) groups is 1. The maximum Gasteiger partial charge on any atom is 0.223 e. The summed E-state index contributed by atoms with van der Waals surface area (Å²) in [5.41, 5.74) is 0.536. The molecule has 1 amide bonds. The van der Waals surface area contributed by atoms with Gasteiger partial charge < -0.3 is 14.8 Å². The normalized spacial score (nSPS) is 23.2. The van der Waals surface area contributed by atoms with Gasteiger partial charge in [-0.05, 0) is 38.8 Å². The number of carbonyl (C=O) groups excluding carboxylic acids is 1. The Labute approximate surface area is 161 Å². The number of rotatable bonds is 4. The van der Waals surface area contributed by atoms with Crippen molar-refractivity contribution < 1.29 is 22.7 Å². The molecule has 150 valence electrons. The fourth-order valence-electron chi connectivity index (χ4n) is 3.83. The van der Waals surface area contributed by atoms with Crippen LogP contribution >= 0.6 is 0 Å². The summed E-state index contributed by atoms with van der Waals surface area (Å²) < 4.78 is 36.1. The van der Waals surface area contributed by atoms with Crippen LogP contribution in [0.4, 0.5) is 0 Å². The standard InChI is InChI=1S/C19H28N2O5S/c1-19(2)12-16(15-6-5-14(25-3)11-17(15)26-19)20-18(22)13-7-9-21(10-8-13)27(4,23)24/h5-6,11,13,16H,7-10,12H2,1-4H3,(H,20,22)/t16-/m1/s1. The first-order chi connectivity index (χ1) is 12.6. The Bertz CT molecular complexity index is 813. The summed E-state index contributed by atoms with van der Waals surface area (Å²) >= 11 is 0. The van der Waals surface area contributed by atoms with E-state index in [-0.39, 0.29) is 17.9 Å².